The molecule has 0 aliphatic heterocycles. The number of carbonyl (C=O) groups is 1. The Kier molecular flexibility index (Phi) is 7.05. The van der Waals surface area contributed by atoms with E-state index in [0.29, 0.717) is 11.4 Å². The SMILES string of the molecule is C=CCN(c1ccccc1Cl)S(=O)(=O)c1cc(C(=O)N(C)c2ccccc2)ccc1Cl. The molecule has 0 saturated heterocycles. The van der Waals surface area contributed by atoms with Crippen molar-refractivity contribution in [1.82, 2.24) is 0 Å². The molecule has 0 atom stereocenters. The standard InChI is InChI=1S/C23H20Cl2N2O3S/c1-3-15-27(21-12-8-7-11-19(21)24)31(29,30)22-16-17(13-14-20(22)25)23(28)26(2)18-9-5-4-6-10-18/h3-14,16H,1,15H2,2H3. The third-order valence-corrected chi connectivity index (χ3v) is 7.19. The van der Waals surface area contributed by atoms with Crippen LogP contribution in [0.4, 0.5) is 11.4 Å². The minimum atomic E-state index is -4.14. The van der Waals surface area contributed by atoms with Crippen LogP contribution in [-0.4, -0.2) is 27.9 Å². The molecule has 31 heavy (non-hydrogen) atoms. The molecule has 0 aromatic heterocycles. The van der Waals surface area contributed by atoms with E-state index in [1.807, 2.05) is 18.2 Å². The highest BCUT2D eigenvalue weighted by Gasteiger charge is 2.29. The van der Waals surface area contributed by atoms with Gasteiger partial charge in [-0.05, 0) is 42.5 Å². The van der Waals surface area contributed by atoms with Gasteiger partial charge in [-0.1, -0.05) is 59.6 Å². The Hall–Kier alpha value is -2.80. The van der Waals surface area contributed by atoms with Gasteiger partial charge in [-0.3, -0.25) is 9.10 Å². The summed E-state index contributed by atoms with van der Waals surface area (Å²) in [5.41, 5.74) is 1.15. The predicted octanol–water partition coefficient (Wildman–Crippen LogP) is 5.65. The molecular formula is C23H20Cl2N2O3S. The van der Waals surface area contributed by atoms with Gasteiger partial charge in [-0.2, -0.15) is 0 Å². The van der Waals surface area contributed by atoms with E-state index in [4.69, 9.17) is 23.2 Å². The Morgan fingerprint density at radius 3 is 2.26 bits per heavy atom. The molecular weight excluding hydrogens is 455 g/mol. The van der Waals surface area contributed by atoms with E-state index < -0.39 is 10.0 Å². The molecule has 1 amide bonds. The normalized spacial score (nSPS) is 11.1. The quantitative estimate of drug-likeness (QED) is 0.415. The summed E-state index contributed by atoms with van der Waals surface area (Å²) in [5, 5.41) is 0.264. The van der Waals surface area contributed by atoms with Gasteiger partial charge in [-0.25, -0.2) is 8.42 Å². The molecule has 0 radical (unpaired) electrons. The van der Waals surface area contributed by atoms with Crippen LogP contribution in [0.2, 0.25) is 10.0 Å². The summed E-state index contributed by atoms with van der Waals surface area (Å²) in [7, 11) is -2.52. The van der Waals surface area contributed by atoms with Crippen LogP contribution in [0.5, 0.6) is 0 Å². The van der Waals surface area contributed by atoms with E-state index in [9.17, 15) is 13.2 Å². The molecule has 0 heterocycles. The number of rotatable bonds is 7. The minimum Gasteiger partial charge on any atom is -0.311 e. The smallest absolute Gasteiger partial charge is 0.266 e. The number of halogens is 2. The lowest BCUT2D eigenvalue weighted by Gasteiger charge is -2.25. The zero-order chi connectivity index (χ0) is 22.6. The largest absolute Gasteiger partial charge is 0.311 e. The number of hydrogen-bond acceptors (Lipinski definition) is 3. The molecule has 0 bridgehead atoms. The fraction of sp³-hybridized carbons (Fsp3) is 0.0870. The Labute approximate surface area is 192 Å². The van der Waals surface area contributed by atoms with E-state index in [-0.39, 0.29) is 33.0 Å². The van der Waals surface area contributed by atoms with Gasteiger partial charge in [0.15, 0.2) is 0 Å². The first-order valence-corrected chi connectivity index (χ1v) is 11.5. The number of para-hydroxylation sites is 2. The van der Waals surface area contributed by atoms with Crippen molar-refractivity contribution in [3.05, 3.63) is 101 Å². The number of amides is 1. The second kappa shape index (κ2) is 9.56. The third kappa shape index (κ3) is 4.77. The zero-order valence-electron chi connectivity index (χ0n) is 16.7. The first-order valence-electron chi connectivity index (χ1n) is 9.28. The molecule has 0 fully saturated rings. The molecule has 0 unspecified atom stereocenters. The van der Waals surface area contributed by atoms with Crippen LogP contribution in [-0.2, 0) is 10.0 Å². The highest BCUT2D eigenvalue weighted by Crippen LogP contribution is 2.33. The first-order chi connectivity index (χ1) is 14.8. The maximum Gasteiger partial charge on any atom is 0.266 e. The number of nitrogens with zero attached hydrogens (tertiary/aromatic N) is 2. The van der Waals surface area contributed by atoms with Gasteiger partial charge >= 0.3 is 0 Å². The highest BCUT2D eigenvalue weighted by molar-refractivity contribution is 7.93. The first kappa shape index (κ1) is 22.9. The van der Waals surface area contributed by atoms with Crippen molar-refractivity contribution in [3.8, 4) is 0 Å². The minimum absolute atomic E-state index is 0.0000278. The van der Waals surface area contributed by atoms with Crippen molar-refractivity contribution in [2.45, 2.75) is 4.90 Å². The van der Waals surface area contributed by atoms with Crippen molar-refractivity contribution >= 4 is 50.5 Å². The fourth-order valence-electron chi connectivity index (χ4n) is 3.01. The average molecular weight is 475 g/mol. The van der Waals surface area contributed by atoms with E-state index in [1.54, 1.807) is 43.4 Å². The van der Waals surface area contributed by atoms with E-state index in [1.165, 1.54) is 29.2 Å². The van der Waals surface area contributed by atoms with Crippen LogP contribution in [0.1, 0.15) is 10.4 Å². The van der Waals surface area contributed by atoms with Crippen LogP contribution in [0.25, 0.3) is 0 Å². The molecule has 3 aromatic rings. The topological polar surface area (TPSA) is 57.7 Å². The second-order valence-electron chi connectivity index (χ2n) is 6.62. The summed E-state index contributed by atoms with van der Waals surface area (Å²) < 4.78 is 28.2. The molecule has 0 saturated carbocycles. The van der Waals surface area contributed by atoms with Gasteiger partial charge in [-0.15, -0.1) is 6.58 Å². The highest BCUT2D eigenvalue weighted by atomic mass is 35.5. The molecule has 0 N–H and O–H groups in total. The Bertz CT molecular complexity index is 1210. The number of benzene rings is 3. The van der Waals surface area contributed by atoms with Crippen molar-refractivity contribution in [2.75, 3.05) is 22.8 Å². The van der Waals surface area contributed by atoms with E-state index >= 15 is 0 Å². The lowest BCUT2D eigenvalue weighted by molar-refractivity contribution is 0.0993. The van der Waals surface area contributed by atoms with Crippen molar-refractivity contribution in [1.29, 1.82) is 0 Å². The molecule has 3 aromatic carbocycles. The van der Waals surface area contributed by atoms with Crippen molar-refractivity contribution in [2.24, 2.45) is 0 Å². The average Bonchev–Trinajstić information content (AvgIpc) is 2.78. The van der Waals surface area contributed by atoms with Gasteiger partial charge in [0.2, 0.25) is 0 Å². The van der Waals surface area contributed by atoms with Gasteiger partial charge in [0.1, 0.15) is 4.90 Å². The molecule has 160 valence electrons. The van der Waals surface area contributed by atoms with Gasteiger partial charge in [0, 0.05) is 18.3 Å². The van der Waals surface area contributed by atoms with E-state index in [2.05, 4.69) is 6.58 Å². The lowest BCUT2D eigenvalue weighted by atomic mass is 10.2. The monoisotopic (exact) mass is 474 g/mol. The predicted molar refractivity (Wildman–Crippen MR) is 127 cm³/mol. The van der Waals surface area contributed by atoms with Gasteiger partial charge in [0.25, 0.3) is 15.9 Å². The van der Waals surface area contributed by atoms with Crippen molar-refractivity contribution < 1.29 is 13.2 Å². The summed E-state index contributed by atoms with van der Waals surface area (Å²) in [4.78, 5) is 14.2. The Morgan fingerprint density at radius 2 is 1.61 bits per heavy atom. The Morgan fingerprint density at radius 1 is 0.968 bits per heavy atom. The van der Waals surface area contributed by atoms with Crippen LogP contribution in [0.3, 0.4) is 0 Å². The molecule has 5 nitrogen and oxygen atoms in total. The Balaban J connectivity index is 2.06. The zero-order valence-corrected chi connectivity index (χ0v) is 19.0. The number of anilines is 2. The van der Waals surface area contributed by atoms with Gasteiger partial charge in [0.05, 0.1) is 22.3 Å². The number of hydrogen-bond donors (Lipinski definition) is 0. The molecule has 3 rings (SSSR count). The third-order valence-electron chi connectivity index (χ3n) is 4.61. The number of carbonyl (C=O) groups excluding carboxylic acids is 1. The van der Waals surface area contributed by atoms with Gasteiger partial charge < -0.3 is 4.90 Å². The van der Waals surface area contributed by atoms with Crippen LogP contribution in [0.15, 0.2) is 90.3 Å². The fourth-order valence-corrected chi connectivity index (χ4v) is 5.26. The summed E-state index contributed by atoms with van der Waals surface area (Å²) in [6, 6.07) is 19.8. The van der Waals surface area contributed by atoms with Crippen LogP contribution < -0.4 is 9.21 Å². The molecule has 8 heteroatoms. The molecule has 0 aliphatic rings. The summed E-state index contributed by atoms with van der Waals surface area (Å²) in [6.07, 6.45) is 1.45. The summed E-state index contributed by atoms with van der Waals surface area (Å²) in [5.74, 6) is -0.368. The number of sulfonamides is 1. The summed E-state index contributed by atoms with van der Waals surface area (Å²) >= 11 is 12.5. The van der Waals surface area contributed by atoms with Crippen molar-refractivity contribution in [3.63, 3.8) is 0 Å². The second-order valence-corrected chi connectivity index (χ2v) is 9.27. The lowest BCUT2D eigenvalue weighted by Crippen LogP contribution is -2.32. The van der Waals surface area contributed by atoms with Crippen LogP contribution >= 0.6 is 23.2 Å². The molecule has 0 aliphatic carbocycles. The maximum absolute atomic E-state index is 13.5. The van der Waals surface area contributed by atoms with Crippen LogP contribution in [0, 0.1) is 0 Å². The van der Waals surface area contributed by atoms with E-state index in [0.717, 1.165) is 4.31 Å². The maximum atomic E-state index is 13.5. The summed E-state index contributed by atoms with van der Waals surface area (Å²) in [6.45, 7) is 3.62. The molecule has 0 spiro atoms.